The van der Waals surface area contributed by atoms with Crippen molar-refractivity contribution in [2.75, 3.05) is 18.1 Å². The fourth-order valence-electron chi connectivity index (χ4n) is 2.97. The van der Waals surface area contributed by atoms with Gasteiger partial charge in [0.1, 0.15) is 11.6 Å². The van der Waals surface area contributed by atoms with Crippen LogP contribution in [0.15, 0.2) is 36.7 Å². The molecule has 0 bridgehead atoms. The summed E-state index contributed by atoms with van der Waals surface area (Å²) < 4.78 is 5.57. The lowest BCUT2D eigenvalue weighted by Crippen LogP contribution is -2.33. The Balaban J connectivity index is 1.90. The first kappa shape index (κ1) is 15.3. The molecule has 0 saturated heterocycles. The number of nitrogens with zero attached hydrogens (tertiary/aromatic N) is 3. The third kappa shape index (κ3) is 3.26. The number of primary amides is 1. The molecule has 0 spiro atoms. The van der Waals surface area contributed by atoms with Crippen molar-refractivity contribution in [3.63, 3.8) is 0 Å². The Morgan fingerprint density at radius 1 is 1.35 bits per heavy atom. The van der Waals surface area contributed by atoms with Crippen molar-refractivity contribution in [2.45, 2.75) is 25.8 Å². The van der Waals surface area contributed by atoms with Crippen LogP contribution in [0.3, 0.4) is 0 Å². The molecule has 1 amide bonds. The molecule has 1 aliphatic rings. The van der Waals surface area contributed by atoms with E-state index in [1.165, 1.54) is 0 Å². The number of rotatable bonds is 5. The molecular formula is C17H20N4O2. The summed E-state index contributed by atoms with van der Waals surface area (Å²) in [5.74, 6) is 1.05. The lowest BCUT2D eigenvalue weighted by atomic mass is 9.99. The van der Waals surface area contributed by atoms with E-state index >= 15 is 0 Å². The van der Waals surface area contributed by atoms with E-state index < -0.39 is 5.91 Å². The van der Waals surface area contributed by atoms with E-state index in [2.05, 4.69) is 27.9 Å². The topological polar surface area (TPSA) is 81.3 Å². The number of aromatic nitrogens is 2. The van der Waals surface area contributed by atoms with E-state index in [0.29, 0.717) is 0 Å². The lowest BCUT2D eigenvalue weighted by Gasteiger charge is -2.36. The van der Waals surface area contributed by atoms with Crippen LogP contribution in [-0.4, -0.2) is 29.0 Å². The summed E-state index contributed by atoms with van der Waals surface area (Å²) in [5.41, 5.74) is 7.40. The second-order valence-corrected chi connectivity index (χ2v) is 5.59. The average molecular weight is 312 g/mol. The molecule has 6 nitrogen and oxygen atoms in total. The molecule has 2 N–H and O–H groups in total. The SMILES string of the molecule is CC(c1ncccn1)N1CCCc2c(OCC(N)=O)cccc21. The number of ether oxygens (including phenoxy) is 1. The van der Waals surface area contributed by atoms with E-state index in [9.17, 15) is 4.79 Å². The van der Waals surface area contributed by atoms with Gasteiger partial charge in [0, 0.05) is 30.2 Å². The zero-order valence-electron chi connectivity index (χ0n) is 13.1. The number of hydrogen-bond acceptors (Lipinski definition) is 5. The predicted octanol–water partition coefficient (Wildman–Crippen LogP) is 1.85. The van der Waals surface area contributed by atoms with Gasteiger partial charge in [-0.3, -0.25) is 4.79 Å². The number of fused-ring (bicyclic) bond motifs is 1. The van der Waals surface area contributed by atoms with Gasteiger partial charge in [-0.1, -0.05) is 6.07 Å². The molecule has 3 rings (SSSR count). The molecule has 1 aromatic heterocycles. The van der Waals surface area contributed by atoms with E-state index in [1.54, 1.807) is 12.4 Å². The van der Waals surface area contributed by atoms with Gasteiger partial charge in [0.05, 0.1) is 6.04 Å². The van der Waals surface area contributed by atoms with Crippen molar-refractivity contribution in [3.8, 4) is 5.75 Å². The van der Waals surface area contributed by atoms with Crippen molar-refractivity contribution < 1.29 is 9.53 Å². The Hall–Kier alpha value is -2.63. The molecule has 0 radical (unpaired) electrons. The van der Waals surface area contributed by atoms with E-state index in [-0.39, 0.29) is 12.6 Å². The monoisotopic (exact) mass is 312 g/mol. The number of nitrogens with two attached hydrogens (primary N) is 1. The Morgan fingerprint density at radius 2 is 2.13 bits per heavy atom. The maximum atomic E-state index is 11.0. The quantitative estimate of drug-likeness (QED) is 0.911. The average Bonchev–Trinajstić information content (AvgIpc) is 2.59. The fourth-order valence-corrected chi connectivity index (χ4v) is 2.97. The normalized spacial score (nSPS) is 14.9. The zero-order valence-corrected chi connectivity index (χ0v) is 13.1. The number of benzene rings is 1. The van der Waals surface area contributed by atoms with Crippen LogP contribution in [0.5, 0.6) is 5.75 Å². The van der Waals surface area contributed by atoms with Crippen LogP contribution in [-0.2, 0) is 11.2 Å². The second kappa shape index (κ2) is 6.64. The molecule has 2 aromatic rings. The van der Waals surface area contributed by atoms with Crippen molar-refractivity contribution in [1.29, 1.82) is 0 Å². The first-order valence-corrected chi connectivity index (χ1v) is 7.73. The molecule has 120 valence electrons. The Labute approximate surface area is 135 Å². The van der Waals surface area contributed by atoms with Crippen molar-refractivity contribution in [1.82, 2.24) is 9.97 Å². The largest absolute Gasteiger partial charge is 0.483 e. The number of carbonyl (C=O) groups excluding carboxylic acids is 1. The minimum absolute atomic E-state index is 0.0710. The summed E-state index contributed by atoms with van der Waals surface area (Å²) in [5, 5.41) is 0. The molecule has 0 saturated carbocycles. The summed E-state index contributed by atoms with van der Waals surface area (Å²) in [6.45, 7) is 2.93. The van der Waals surface area contributed by atoms with E-state index in [4.69, 9.17) is 10.5 Å². The van der Waals surface area contributed by atoms with Gasteiger partial charge in [-0.25, -0.2) is 9.97 Å². The molecule has 1 atom stereocenters. The number of carbonyl (C=O) groups is 1. The predicted molar refractivity (Wildman–Crippen MR) is 87.2 cm³/mol. The third-order valence-electron chi connectivity index (χ3n) is 4.04. The van der Waals surface area contributed by atoms with Crippen LogP contribution < -0.4 is 15.4 Å². The zero-order chi connectivity index (χ0) is 16.2. The summed E-state index contributed by atoms with van der Waals surface area (Å²) in [6.07, 6.45) is 5.45. The Bertz CT molecular complexity index is 690. The summed E-state index contributed by atoms with van der Waals surface area (Å²) in [4.78, 5) is 22.0. The minimum atomic E-state index is -0.471. The van der Waals surface area contributed by atoms with Crippen LogP contribution in [0, 0.1) is 0 Å². The molecule has 1 unspecified atom stereocenters. The maximum absolute atomic E-state index is 11.0. The standard InChI is InChI=1S/C17H20N4O2/c1-12(17-19-8-4-9-20-17)21-10-3-5-13-14(21)6-2-7-15(13)23-11-16(18)22/h2,4,6-9,12H,3,5,10-11H2,1H3,(H2,18,22). The Morgan fingerprint density at radius 3 is 2.87 bits per heavy atom. The van der Waals surface area contributed by atoms with Gasteiger partial charge in [-0.15, -0.1) is 0 Å². The van der Waals surface area contributed by atoms with Gasteiger partial charge < -0.3 is 15.4 Å². The van der Waals surface area contributed by atoms with Crippen LogP contribution in [0.2, 0.25) is 0 Å². The van der Waals surface area contributed by atoms with Crippen molar-refractivity contribution in [2.24, 2.45) is 5.73 Å². The minimum Gasteiger partial charge on any atom is -0.483 e. The third-order valence-corrected chi connectivity index (χ3v) is 4.04. The first-order valence-electron chi connectivity index (χ1n) is 7.73. The molecule has 1 aliphatic heterocycles. The lowest BCUT2D eigenvalue weighted by molar-refractivity contribution is -0.119. The van der Waals surface area contributed by atoms with Crippen LogP contribution in [0.25, 0.3) is 0 Å². The highest BCUT2D eigenvalue weighted by Gasteiger charge is 2.26. The Kier molecular flexibility index (Phi) is 4.41. The first-order chi connectivity index (χ1) is 11.2. The highest BCUT2D eigenvalue weighted by molar-refractivity contribution is 5.75. The molecule has 23 heavy (non-hydrogen) atoms. The van der Waals surface area contributed by atoms with Crippen molar-refractivity contribution in [3.05, 3.63) is 48.0 Å². The van der Waals surface area contributed by atoms with Crippen LogP contribution >= 0.6 is 0 Å². The van der Waals surface area contributed by atoms with Gasteiger partial charge in [-0.05, 0) is 38.0 Å². The number of anilines is 1. The molecule has 0 aliphatic carbocycles. The molecule has 1 aromatic carbocycles. The molecule has 6 heteroatoms. The smallest absolute Gasteiger partial charge is 0.255 e. The van der Waals surface area contributed by atoms with Crippen molar-refractivity contribution >= 4 is 11.6 Å². The van der Waals surface area contributed by atoms with E-state index in [0.717, 1.165) is 42.2 Å². The summed E-state index contributed by atoms with van der Waals surface area (Å²) in [7, 11) is 0. The van der Waals surface area contributed by atoms with Crippen LogP contribution in [0.4, 0.5) is 5.69 Å². The van der Waals surface area contributed by atoms with Crippen LogP contribution in [0.1, 0.15) is 30.8 Å². The van der Waals surface area contributed by atoms with E-state index in [1.807, 2.05) is 18.2 Å². The highest BCUT2D eigenvalue weighted by atomic mass is 16.5. The highest BCUT2D eigenvalue weighted by Crippen LogP contribution is 2.37. The van der Waals surface area contributed by atoms with Gasteiger partial charge >= 0.3 is 0 Å². The van der Waals surface area contributed by atoms with Gasteiger partial charge in [0.2, 0.25) is 0 Å². The number of hydrogen-bond donors (Lipinski definition) is 1. The summed E-state index contributed by atoms with van der Waals surface area (Å²) >= 11 is 0. The van der Waals surface area contributed by atoms with Gasteiger partial charge in [0.25, 0.3) is 5.91 Å². The number of amides is 1. The van der Waals surface area contributed by atoms with Gasteiger partial charge in [-0.2, -0.15) is 0 Å². The fraction of sp³-hybridized carbons (Fsp3) is 0.353. The second-order valence-electron chi connectivity index (χ2n) is 5.59. The molecule has 2 heterocycles. The summed E-state index contributed by atoms with van der Waals surface area (Å²) in [6, 6.07) is 7.78. The molecular weight excluding hydrogens is 292 g/mol. The maximum Gasteiger partial charge on any atom is 0.255 e. The van der Waals surface area contributed by atoms with Gasteiger partial charge in [0.15, 0.2) is 6.61 Å². The molecule has 0 fully saturated rings.